The predicted molar refractivity (Wildman–Crippen MR) is 134 cm³/mol. The summed E-state index contributed by atoms with van der Waals surface area (Å²) >= 11 is 1.62. The van der Waals surface area contributed by atoms with Gasteiger partial charge in [0.05, 0.1) is 0 Å². The highest BCUT2D eigenvalue weighted by Gasteiger charge is 2.41. The second kappa shape index (κ2) is 11.9. The van der Waals surface area contributed by atoms with E-state index in [0.29, 0.717) is 17.8 Å². The molecule has 0 radical (unpaired) electrons. The van der Waals surface area contributed by atoms with E-state index in [2.05, 4.69) is 66.3 Å². The van der Waals surface area contributed by atoms with E-state index in [4.69, 9.17) is 4.74 Å². The lowest BCUT2D eigenvalue weighted by atomic mass is 9.75. The molecule has 5 unspecified atom stereocenters. The van der Waals surface area contributed by atoms with Crippen LogP contribution >= 0.6 is 11.8 Å². The largest absolute Gasteiger partial charge is 0.461 e. The summed E-state index contributed by atoms with van der Waals surface area (Å²) in [5.74, 6) is 1.49. The second-order valence-electron chi connectivity index (χ2n) is 10.1. The molecule has 1 aromatic rings. The van der Waals surface area contributed by atoms with Gasteiger partial charge in [-0.15, -0.1) is 18.3 Å². The van der Waals surface area contributed by atoms with Gasteiger partial charge < -0.3 is 4.74 Å². The van der Waals surface area contributed by atoms with Gasteiger partial charge in [0.15, 0.2) is 0 Å². The lowest BCUT2D eigenvalue weighted by molar-refractivity contribution is -0.157. The third kappa shape index (κ3) is 7.56. The molecule has 0 aromatic heterocycles. The van der Waals surface area contributed by atoms with Gasteiger partial charge in [0.1, 0.15) is 11.4 Å². The lowest BCUT2D eigenvalue weighted by Crippen LogP contribution is -2.42. The van der Waals surface area contributed by atoms with Gasteiger partial charge in [-0.1, -0.05) is 70.0 Å². The lowest BCUT2D eigenvalue weighted by Gasteiger charge is -2.39. The van der Waals surface area contributed by atoms with Gasteiger partial charge in [-0.2, -0.15) is 0 Å². The third-order valence-electron chi connectivity index (χ3n) is 6.74. The minimum absolute atomic E-state index is 0.0157. The Bertz CT molecular complexity index is 735. The Morgan fingerprint density at radius 3 is 2.52 bits per heavy atom. The fraction of sp³-hybridized carbons (Fsp3) is 0.607. The molecule has 2 rings (SSSR count). The highest BCUT2D eigenvalue weighted by atomic mass is 32.2. The highest BCUT2D eigenvalue weighted by molar-refractivity contribution is 8.00. The number of carbonyl (C=O) groups is 1. The van der Waals surface area contributed by atoms with E-state index >= 15 is 0 Å². The summed E-state index contributed by atoms with van der Waals surface area (Å²) in [7, 11) is 0. The fourth-order valence-corrected chi connectivity index (χ4v) is 5.78. The van der Waals surface area contributed by atoms with Gasteiger partial charge in [-0.3, -0.25) is 4.79 Å². The molecule has 1 aliphatic carbocycles. The number of hydrogen-bond donors (Lipinski definition) is 0. The zero-order chi connectivity index (χ0) is 23.0. The van der Waals surface area contributed by atoms with Crippen LogP contribution in [0.4, 0.5) is 0 Å². The molecule has 31 heavy (non-hydrogen) atoms. The molecule has 2 nitrogen and oxygen atoms in total. The maximum Gasteiger partial charge on any atom is 0.320 e. The standard InChI is InChI=1S/C28H42O2S/c1-8-28(7,18-12-13-20(2)3)26(31-23-14-10-9-11-15-23)27(29)30-25-19-22(6)16-17-24(25)21(4)5/h8-11,13-15,21-22,24-26H,1,12,16-19H2,2-7H3. The number of benzene rings is 1. The van der Waals surface area contributed by atoms with E-state index in [-0.39, 0.29) is 22.7 Å². The zero-order valence-corrected chi connectivity index (χ0v) is 21.2. The van der Waals surface area contributed by atoms with E-state index in [1.54, 1.807) is 11.8 Å². The van der Waals surface area contributed by atoms with E-state index in [0.717, 1.165) is 30.6 Å². The third-order valence-corrected chi connectivity index (χ3v) is 8.25. The van der Waals surface area contributed by atoms with Crippen LogP contribution in [-0.2, 0) is 9.53 Å². The van der Waals surface area contributed by atoms with Crippen LogP contribution in [0.2, 0.25) is 0 Å². The van der Waals surface area contributed by atoms with Crippen molar-refractivity contribution in [2.75, 3.05) is 0 Å². The first kappa shape index (κ1) is 25.8. The van der Waals surface area contributed by atoms with Crippen molar-refractivity contribution in [2.45, 2.75) is 89.9 Å². The molecule has 0 amide bonds. The molecule has 0 spiro atoms. The van der Waals surface area contributed by atoms with Gasteiger partial charge in [0, 0.05) is 10.3 Å². The molecule has 1 aromatic carbocycles. The first-order valence-electron chi connectivity index (χ1n) is 11.9. The van der Waals surface area contributed by atoms with Crippen LogP contribution in [-0.4, -0.2) is 17.3 Å². The first-order valence-corrected chi connectivity index (χ1v) is 12.7. The van der Waals surface area contributed by atoms with Gasteiger partial charge >= 0.3 is 5.97 Å². The normalized spacial score (nSPS) is 24.2. The molecule has 0 saturated heterocycles. The van der Waals surface area contributed by atoms with E-state index in [1.807, 2.05) is 24.3 Å². The molecular formula is C28H42O2S. The first-order chi connectivity index (χ1) is 14.7. The van der Waals surface area contributed by atoms with Crippen molar-refractivity contribution in [3.05, 3.63) is 54.6 Å². The Kier molecular flexibility index (Phi) is 9.93. The van der Waals surface area contributed by atoms with Crippen LogP contribution < -0.4 is 0 Å². The number of allylic oxidation sites excluding steroid dienone is 3. The Balaban J connectivity index is 2.28. The van der Waals surface area contributed by atoms with Crippen LogP contribution in [0.3, 0.4) is 0 Å². The van der Waals surface area contributed by atoms with Crippen molar-refractivity contribution >= 4 is 17.7 Å². The van der Waals surface area contributed by atoms with Crippen molar-refractivity contribution in [2.24, 2.45) is 23.2 Å². The number of hydrogen-bond acceptors (Lipinski definition) is 3. The van der Waals surface area contributed by atoms with Gasteiger partial charge in [-0.05, 0) is 69.4 Å². The molecule has 3 heteroatoms. The number of ether oxygens (including phenoxy) is 1. The Hall–Kier alpha value is -1.48. The quantitative estimate of drug-likeness (QED) is 0.208. The molecule has 0 aliphatic heterocycles. The summed E-state index contributed by atoms with van der Waals surface area (Å²) in [6, 6.07) is 10.2. The van der Waals surface area contributed by atoms with Gasteiger partial charge in [0.2, 0.25) is 0 Å². The topological polar surface area (TPSA) is 26.3 Å². The summed E-state index contributed by atoms with van der Waals surface area (Å²) in [6.07, 6.45) is 9.38. The number of rotatable bonds is 10. The van der Waals surface area contributed by atoms with Crippen LogP contribution in [0.15, 0.2) is 59.5 Å². The molecule has 1 saturated carbocycles. The molecule has 172 valence electrons. The molecule has 1 fully saturated rings. The van der Waals surface area contributed by atoms with E-state index in [9.17, 15) is 4.79 Å². The summed E-state index contributed by atoms with van der Waals surface area (Å²) < 4.78 is 6.32. The molecule has 1 aliphatic rings. The second-order valence-corrected chi connectivity index (χ2v) is 11.3. The van der Waals surface area contributed by atoms with Crippen LogP contribution in [0.1, 0.15) is 73.6 Å². The molecule has 0 bridgehead atoms. The molecule has 0 heterocycles. The smallest absolute Gasteiger partial charge is 0.320 e. The van der Waals surface area contributed by atoms with E-state index in [1.165, 1.54) is 12.0 Å². The molecular weight excluding hydrogens is 400 g/mol. The van der Waals surface area contributed by atoms with E-state index < -0.39 is 0 Å². The number of esters is 1. The van der Waals surface area contributed by atoms with Crippen molar-refractivity contribution in [3.8, 4) is 0 Å². The Labute approximate surface area is 194 Å². The maximum absolute atomic E-state index is 13.7. The fourth-order valence-electron chi connectivity index (χ4n) is 4.56. The van der Waals surface area contributed by atoms with Crippen LogP contribution in [0.25, 0.3) is 0 Å². The van der Waals surface area contributed by atoms with Crippen LogP contribution in [0.5, 0.6) is 0 Å². The molecule has 0 N–H and O–H groups in total. The van der Waals surface area contributed by atoms with Crippen molar-refractivity contribution in [3.63, 3.8) is 0 Å². The minimum Gasteiger partial charge on any atom is -0.461 e. The molecule has 5 atom stereocenters. The summed E-state index contributed by atoms with van der Waals surface area (Å²) in [5.41, 5.74) is 0.953. The Morgan fingerprint density at radius 2 is 1.94 bits per heavy atom. The Morgan fingerprint density at radius 1 is 1.26 bits per heavy atom. The van der Waals surface area contributed by atoms with Crippen molar-refractivity contribution < 1.29 is 9.53 Å². The number of carbonyl (C=O) groups excluding carboxylic acids is 1. The minimum atomic E-state index is -0.350. The van der Waals surface area contributed by atoms with Gasteiger partial charge in [-0.25, -0.2) is 0 Å². The predicted octanol–water partition coefficient (Wildman–Crippen LogP) is 8.09. The van der Waals surface area contributed by atoms with Gasteiger partial charge in [0.25, 0.3) is 0 Å². The highest BCUT2D eigenvalue weighted by Crippen LogP contribution is 2.43. The van der Waals surface area contributed by atoms with Crippen molar-refractivity contribution in [1.82, 2.24) is 0 Å². The SMILES string of the molecule is C=CC(C)(CCC=C(C)C)C(Sc1ccccc1)C(=O)OC1CC(C)CCC1C(C)C. The summed E-state index contributed by atoms with van der Waals surface area (Å²) in [6.45, 7) is 17.3. The summed E-state index contributed by atoms with van der Waals surface area (Å²) in [4.78, 5) is 14.8. The number of thioether (sulfide) groups is 1. The average molecular weight is 443 g/mol. The average Bonchev–Trinajstić information content (AvgIpc) is 2.72. The van der Waals surface area contributed by atoms with Crippen molar-refractivity contribution in [1.29, 1.82) is 0 Å². The maximum atomic E-state index is 13.7. The zero-order valence-electron chi connectivity index (χ0n) is 20.4. The summed E-state index contributed by atoms with van der Waals surface area (Å²) in [5, 5.41) is -0.317. The monoisotopic (exact) mass is 442 g/mol. The van der Waals surface area contributed by atoms with Crippen LogP contribution in [0, 0.1) is 23.2 Å².